The van der Waals surface area contributed by atoms with E-state index in [9.17, 15) is 21.7 Å². The molecule has 0 radical (unpaired) electrons. The number of hydrogen-bond donors (Lipinski definition) is 0. The van der Waals surface area contributed by atoms with Gasteiger partial charge in [-0.15, -0.1) is 0 Å². The Morgan fingerprint density at radius 1 is 1.00 bits per heavy atom. The minimum atomic E-state index is -6.00. The van der Waals surface area contributed by atoms with Gasteiger partial charge in [-0.25, -0.2) is 4.39 Å². The summed E-state index contributed by atoms with van der Waals surface area (Å²) in [6.45, 7) is 2.21. The lowest BCUT2D eigenvalue weighted by atomic mass is 10.1. The fraction of sp³-hybridized carbons (Fsp3) is 0.389. The number of nitrogens with zero attached hydrogens (tertiary/aromatic N) is 3. The fourth-order valence-electron chi connectivity index (χ4n) is 2.46. The average Bonchev–Trinajstić information content (AvgIpc) is 2.60. The van der Waals surface area contributed by atoms with E-state index in [2.05, 4.69) is 16.9 Å². The second kappa shape index (κ2) is 11.3. The van der Waals surface area contributed by atoms with Gasteiger partial charge in [-0.05, 0) is 30.5 Å². The standard InChI is InChI=1S/C18H21FN3.BF4/c1-2-3-4-5-6-7-14-8-9-18(21-13-14)15-10-16(19)12-17(11-15)22-20;2-1(3,4)5/h8-13H,2-7H2,1H3;/q+1;-1. The van der Waals surface area contributed by atoms with Crippen LogP contribution in [0.15, 0.2) is 36.5 Å². The molecule has 2 aromatic rings. The van der Waals surface area contributed by atoms with Gasteiger partial charge in [-0.2, -0.15) is 0 Å². The second-order valence-corrected chi connectivity index (χ2v) is 6.01. The molecular weight excluding hydrogens is 364 g/mol. The van der Waals surface area contributed by atoms with Crippen LogP contribution in [0.3, 0.4) is 0 Å². The van der Waals surface area contributed by atoms with Crippen LogP contribution in [-0.2, 0) is 6.42 Å². The molecule has 0 fully saturated rings. The largest absolute Gasteiger partial charge is 0.673 e. The first kappa shape index (κ1) is 22.5. The van der Waals surface area contributed by atoms with Crippen molar-refractivity contribution in [2.24, 2.45) is 0 Å². The molecule has 1 aromatic heterocycles. The molecule has 1 aromatic carbocycles. The maximum Gasteiger partial charge on any atom is 0.673 e. The number of hydrogen-bond acceptors (Lipinski definition) is 2. The van der Waals surface area contributed by atoms with Crippen LogP contribution in [-0.4, -0.2) is 12.2 Å². The van der Waals surface area contributed by atoms with E-state index in [4.69, 9.17) is 5.39 Å². The van der Waals surface area contributed by atoms with Crippen molar-refractivity contribution in [2.75, 3.05) is 0 Å². The molecule has 3 nitrogen and oxygen atoms in total. The molecule has 0 atom stereocenters. The maximum absolute atomic E-state index is 13.4. The maximum atomic E-state index is 13.4. The second-order valence-electron chi connectivity index (χ2n) is 6.01. The summed E-state index contributed by atoms with van der Waals surface area (Å²) in [5.74, 6) is -0.438. The molecular formula is C18H21BF5N3. The third-order valence-corrected chi connectivity index (χ3v) is 3.69. The zero-order valence-electron chi connectivity index (χ0n) is 15.0. The van der Waals surface area contributed by atoms with Crippen LogP contribution in [0.25, 0.3) is 16.2 Å². The Morgan fingerprint density at radius 3 is 2.22 bits per heavy atom. The van der Waals surface area contributed by atoms with Gasteiger partial charge in [0.2, 0.25) is 5.39 Å². The van der Waals surface area contributed by atoms with Gasteiger partial charge in [0.25, 0.3) is 0 Å². The van der Waals surface area contributed by atoms with Crippen molar-refractivity contribution in [3.8, 4) is 11.3 Å². The molecule has 2 rings (SSSR count). The van der Waals surface area contributed by atoms with Gasteiger partial charge in [0.05, 0.1) is 11.8 Å². The van der Waals surface area contributed by atoms with Gasteiger partial charge in [-0.3, -0.25) is 4.98 Å². The number of aromatic nitrogens is 1. The normalized spacial score (nSPS) is 10.7. The van der Waals surface area contributed by atoms with E-state index in [1.807, 2.05) is 18.3 Å². The molecule has 0 amide bonds. The Morgan fingerprint density at radius 2 is 1.67 bits per heavy atom. The third-order valence-electron chi connectivity index (χ3n) is 3.69. The summed E-state index contributed by atoms with van der Waals surface area (Å²) in [4.78, 5) is 7.42. The first-order valence-electron chi connectivity index (χ1n) is 8.71. The number of pyridine rings is 1. The molecule has 146 valence electrons. The van der Waals surface area contributed by atoms with Crippen molar-refractivity contribution >= 4 is 12.9 Å². The smallest absolute Gasteiger partial charge is 0.418 e. The van der Waals surface area contributed by atoms with Gasteiger partial charge >= 0.3 is 12.9 Å². The Bertz CT molecular complexity index is 736. The lowest BCUT2D eigenvalue weighted by Crippen LogP contribution is -2.02. The molecule has 0 aliphatic rings. The predicted octanol–water partition coefficient (Wildman–Crippen LogP) is 7.19. The minimum Gasteiger partial charge on any atom is -0.418 e. The van der Waals surface area contributed by atoms with Crippen LogP contribution >= 0.6 is 0 Å². The third kappa shape index (κ3) is 10.3. The first-order chi connectivity index (χ1) is 12.7. The van der Waals surface area contributed by atoms with E-state index in [0.29, 0.717) is 11.3 Å². The Hall–Kier alpha value is -2.50. The highest BCUT2D eigenvalue weighted by molar-refractivity contribution is 6.50. The summed E-state index contributed by atoms with van der Waals surface area (Å²) in [6, 6.07) is 8.09. The van der Waals surface area contributed by atoms with Crippen LogP contribution in [0.4, 0.5) is 27.3 Å². The monoisotopic (exact) mass is 385 g/mol. The molecule has 0 saturated heterocycles. The molecule has 27 heavy (non-hydrogen) atoms. The van der Waals surface area contributed by atoms with Crippen LogP contribution in [0, 0.1) is 11.2 Å². The summed E-state index contributed by atoms with van der Waals surface area (Å²) < 4.78 is 52.4. The van der Waals surface area contributed by atoms with E-state index in [1.54, 1.807) is 6.07 Å². The molecule has 0 bridgehead atoms. The molecule has 9 heteroatoms. The van der Waals surface area contributed by atoms with Gasteiger partial charge in [-0.1, -0.05) is 38.7 Å². The molecule has 0 aliphatic heterocycles. The minimum absolute atomic E-state index is 0.191. The molecule has 0 unspecified atom stereocenters. The quantitative estimate of drug-likeness (QED) is 0.219. The van der Waals surface area contributed by atoms with Crippen LogP contribution < -0.4 is 0 Å². The summed E-state index contributed by atoms with van der Waals surface area (Å²) >= 11 is 0. The van der Waals surface area contributed by atoms with E-state index in [0.717, 1.165) is 6.42 Å². The highest BCUT2D eigenvalue weighted by Crippen LogP contribution is 2.24. The summed E-state index contributed by atoms with van der Waals surface area (Å²) in [6.07, 6.45) is 9.14. The van der Waals surface area contributed by atoms with Gasteiger partial charge in [0.15, 0.2) is 4.98 Å². The average molecular weight is 385 g/mol. The molecule has 1 heterocycles. The van der Waals surface area contributed by atoms with Gasteiger partial charge in [0, 0.05) is 17.8 Å². The van der Waals surface area contributed by atoms with Crippen molar-refractivity contribution in [1.29, 1.82) is 5.39 Å². The van der Waals surface area contributed by atoms with Crippen LogP contribution in [0.1, 0.15) is 44.6 Å². The van der Waals surface area contributed by atoms with Crippen molar-refractivity contribution in [3.63, 3.8) is 0 Å². The van der Waals surface area contributed by atoms with Crippen LogP contribution in [0.2, 0.25) is 0 Å². The van der Waals surface area contributed by atoms with E-state index in [-0.39, 0.29) is 5.69 Å². The Kier molecular flexibility index (Phi) is 9.41. The van der Waals surface area contributed by atoms with Crippen molar-refractivity contribution in [2.45, 2.75) is 45.4 Å². The van der Waals surface area contributed by atoms with E-state index in [1.165, 1.54) is 49.8 Å². The fourth-order valence-corrected chi connectivity index (χ4v) is 2.46. The first-order valence-corrected chi connectivity index (χ1v) is 8.71. The number of rotatable bonds is 7. The summed E-state index contributed by atoms with van der Waals surface area (Å²) in [5.41, 5.74) is 2.68. The number of aryl methyl sites for hydroxylation is 1. The lowest BCUT2D eigenvalue weighted by Gasteiger charge is -2.04. The summed E-state index contributed by atoms with van der Waals surface area (Å²) in [5, 5.41) is 8.77. The highest BCUT2D eigenvalue weighted by Gasteiger charge is 2.20. The molecule has 0 spiro atoms. The van der Waals surface area contributed by atoms with Crippen molar-refractivity contribution < 1.29 is 21.7 Å². The number of diazo groups is 1. The zero-order chi connectivity index (χ0) is 20.3. The van der Waals surface area contributed by atoms with Gasteiger partial charge in [0.1, 0.15) is 5.82 Å². The zero-order valence-corrected chi connectivity index (χ0v) is 15.0. The van der Waals surface area contributed by atoms with Crippen LogP contribution in [0.5, 0.6) is 0 Å². The van der Waals surface area contributed by atoms with E-state index < -0.39 is 13.1 Å². The van der Waals surface area contributed by atoms with Crippen molar-refractivity contribution in [3.05, 3.63) is 52.9 Å². The van der Waals surface area contributed by atoms with E-state index >= 15 is 0 Å². The Labute approximate surface area is 155 Å². The number of benzene rings is 1. The molecule has 0 saturated carbocycles. The predicted molar refractivity (Wildman–Crippen MR) is 97.0 cm³/mol. The SMILES string of the molecule is CCCCCCCc1ccc(-c2cc(F)cc([N+]#N)c2)nc1.F[B-](F)(F)F. The summed E-state index contributed by atoms with van der Waals surface area (Å²) in [7, 11) is -6.00. The number of unbranched alkanes of at least 4 members (excludes halogenated alkanes) is 4. The highest BCUT2D eigenvalue weighted by atomic mass is 19.5. The molecule has 0 N–H and O–H groups in total. The Balaban J connectivity index is 0.000000646. The topological polar surface area (TPSA) is 41.0 Å². The van der Waals surface area contributed by atoms with Crippen molar-refractivity contribution in [1.82, 2.24) is 4.98 Å². The van der Waals surface area contributed by atoms with Gasteiger partial charge < -0.3 is 17.3 Å². The lowest BCUT2D eigenvalue weighted by molar-refractivity contribution is 0.368. The number of halogens is 5. The molecule has 0 aliphatic carbocycles.